The van der Waals surface area contributed by atoms with E-state index in [0.29, 0.717) is 46.6 Å². The summed E-state index contributed by atoms with van der Waals surface area (Å²) in [5, 5.41) is 1.29. The van der Waals surface area contributed by atoms with Gasteiger partial charge in [-0.2, -0.15) is 0 Å². The number of hydrogen-bond acceptors (Lipinski definition) is 10. The lowest BCUT2D eigenvalue weighted by atomic mass is 10.1. The summed E-state index contributed by atoms with van der Waals surface area (Å²) in [6, 6.07) is 33.8. The summed E-state index contributed by atoms with van der Waals surface area (Å²) in [6.45, 7) is 5.66. The topological polar surface area (TPSA) is 124 Å². The van der Waals surface area contributed by atoms with Gasteiger partial charge in [0.05, 0.1) is 40.5 Å². The number of unbranched alkanes of at least 4 members (excludes halogenated alkanes) is 10. The lowest BCUT2D eigenvalue weighted by molar-refractivity contribution is 0.0719. The van der Waals surface area contributed by atoms with Crippen molar-refractivity contribution in [2.75, 3.05) is 13.2 Å². The molecule has 10 nitrogen and oxygen atoms in total. The van der Waals surface area contributed by atoms with Crippen LogP contribution in [0.4, 0.5) is 0 Å². The standard InChI is InChI=1S/C54H55ClO10/c1-3-5-7-9-11-13-35-60-43-24-17-39(18-25-43)51(56)62-45-28-21-41(22-29-45)53(58)65-49-34-23-38-15-16-42(37-48(38)50(49)55)54(59)64-47-32-30-46(31-33-47)63-52(57)40-19-26-44(27-20-40)61-36-14-12-10-8-6-4-2/h15-34,37H,3-14,35-36H2,1-2H3. The Morgan fingerprint density at radius 2 is 0.723 bits per heavy atom. The fraction of sp³-hybridized carbons (Fsp3) is 0.296. The number of esters is 4. The van der Waals surface area contributed by atoms with Gasteiger partial charge >= 0.3 is 23.9 Å². The molecule has 338 valence electrons. The van der Waals surface area contributed by atoms with Crippen molar-refractivity contribution in [3.05, 3.63) is 155 Å². The fourth-order valence-electron chi connectivity index (χ4n) is 6.88. The smallest absolute Gasteiger partial charge is 0.343 e. The van der Waals surface area contributed by atoms with E-state index in [1.807, 2.05) is 0 Å². The molecule has 11 heteroatoms. The first kappa shape index (κ1) is 47.8. The van der Waals surface area contributed by atoms with Gasteiger partial charge in [-0.1, -0.05) is 102 Å². The zero-order valence-electron chi connectivity index (χ0n) is 37.0. The number of carbonyl (C=O) groups excluding carboxylic acids is 4. The normalized spacial score (nSPS) is 10.9. The van der Waals surface area contributed by atoms with Crippen LogP contribution in [0, 0.1) is 0 Å². The van der Waals surface area contributed by atoms with Crippen LogP contribution in [0.3, 0.4) is 0 Å². The number of hydrogen-bond donors (Lipinski definition) is 0. The number of carbonyl (C=O) groups is 4. The first-order valence-corrected chi connectivity index (χ1v) is 22.9. The molecule has 0 spiro atoms. The van der Waals surface area contributed by atoms with Crippen LogP contribution in [0.15, 0.2) is 127 Å². The molecule has 0 aromatic heterocycles. The van der Waals surface area contributed by atoms with Crippen molar-refractivity contribution in [2.45, 2.75) is 90.9 Å². The van der Waals surface area contributed by atoms with Gasteiger partial charge in [0.25, 0.3) is 0 Å². The van der Waals surface area contributed by atoms with E-state index in [4.69, 9.17) is 40.0 Å². The molecule has 0 heterocycles. The van der Waals surface area contributed by atoms with Crippen LogP contribution in [0.5, 0.6) is 34.5 Å². The van der Waals surface area contributed by atoms with Gasteiger partial charge in [0, 0.05) is 5.39 Å². The maximum atomic E-state index is 13.2. The van der Waals surface area contributed by atoms with E-state index in [1.54, 1.807) is 78.9 Å². The highest BCUT2D eigenvalue weighted by molar-refractivity contribution is 6.37. The lowest BCUT2D eigenvalue weighted by Gasteiger charge is -2.11. The number of ether oxygens (including phenoxy) is 6. The minimum absolute atomic E-state index is 0.0856. The molecule has 0 N–H and O–H groups in total. The van der Waals surface area contributed by atoms with E-state index in [1.165, 1.54) is 99.9 Å². The second-order valence-corrected chi connectivity index (χ2v) is 16.0. The van der Waals surface area contributed by atoms with Gasteiger partial charge in [0.1, 0.15) is 34.5 Å². The molecule has 0 aliphatic rings. The summed E-state index contributed by atoms with van der Waals surface area (Å²) in [6.07, 6.45) is 14.2. The van der Waals surface area contributed by atoms with E-state index in [2.05, 4.69) is 13.8 Å². The zero-order chi connectivity index (χ0) is 45.8. The van der Waals surface area contributed by atoms with Gasteiger partial charge in [-0.15, -0.1) is 0 Å². The second-order valence-electron chi connectivity index (χ2n) is 15.6. The van der Waals surface area contributed by atoms with Crippen molar-refractivity contribution in [2.24, 2.45) is 0 Å². The zero-order valence-corrected chi connectivity index (χ0v) is 37.7. The molecule has 0 aliphatic heterocycles. The van der Waals surface area contributed by atoms with Crippen LogP contribution in [0.2, 0.25) is 5.02 Å². The van der Waals surface area contributed by atoms with Crippen molar-refractivity contribution in [1.29, 1.82) is 0 Å². The summed E-state index contributed by atoms with van der Waals surface area (Å²) >= 11 is 6.73. The Hall–Kier alpha value is -6.65. The summed E-state index contributed by atoms with van der Waals surface area (Å²) in [5.74, 6) is -0.194. The third-order valence-electron chi connectivity index (χ3n) is 10.6. The highest BCUT2D eigenvalue weighted by atomic mass is 35.5. The molecule has 0 radical (unpaired) electrons. The number of halogens is 1. The van der Waals surface area contributed by atoms with Gasteiger partial charge in [0.2, 0.25) is 0 Å². The SMILES string of the molecule is CCCCCCCCOc1ccc(C(=O)Oc2ccc(OC(=O)c3ccc4ccc(OC(=O)c5ccc(OC(=O)c6ccc(OCCCCCCCC)cc6)cc5)c(Cl)c4c3)cc2)cc1. The molecule has 0 saturated heterocycles. The van der Waals surface area contributed by atoms with Crippen molar-refractivity contribution in [1.82, 2.24) is 0 Å². The van der Waals surface area contributed by atoms with Gasteiger partial charge in [-0.3, -0.25) is 0 Å². The van der Waals surface area contributed by atoms with Crippen LogP contribution in [0.1, 0.15) is 132 Å². The van der Waals surface area contributed by atoms with Gasteiger partial charge in [0.15, 0.2) is 0 Å². The van der Waals surface area contributed by atoms with E-state index in [-0.39, 0.29) is 39.1 Å². The Morgan fingerprint density at radius 1 is 0.385 bits per heavy atom. The first-order valence-electron chi connectivity index (χ1n) is 22.5. The molecule has 0 saturated carbocycles. The lowest BCUT2D eigenvalue weighted by Crippen LogP contribution is -2.11. The molecule has 6 aromatic carbocycles. The van der Waals surface area contributed by atoms with Gasteiger partial charge in [-0.05, 0) is 133 Å². The molecule has 0 fully saturated rings. The van der Waals surface area contributed by atoms with E-state index >= 15 is 0 Å². The number of fused-ring (bicyclic) bond motifs is 1. The van der Waals surface area contributed by atoms with Crippen LogP contribution < -0.4 is 28.4 Å². The predicted molar refractivity (Wildman–Crippen MR) is 252 cm³/mol. The van der Waals surface area contributed by atoms with Gasteiger partial charge in [-0.25, -0.2) is 19.2 Å². The molecule has 65 heavy (non-hydrogen) atoms. The van der Waals surface area contributed by atoms with Crippen molar-refractivity contribution in [3.63, 3.8) is 0 Å². The summed E-state index contributed by atoms with van der Waals surface area (Å²) in [7, 11) is 0. The number of rotatable bonds is 24. The van der Waals surface area contributed by atoms with E-state index in [0.717, 1.165) is 25.7 Å². The second kappa shape index (κ2) is 25.0. The van der Waals surface area contributed by atoms with Crippen LogP contribution >= 0.6 is 11.6 Å². The van der Waals surface area contributed by atoms with Crippen LogP contribution in [-0.4, -0.2) is 37.1 Å². The molecule has 0 amide bonds. The van der Waals surface area contributed by atoms with Crippen LogP contribution in [-0.2, 0) is 0 Å². The van der Waals surface area contributed by atoms with Gasteiger partial charge < -0.3 is 28.4 Å². The summed E-state index contributed by atoms with van der Waals surface area (Å²) in [5.41, 5.74) is 1.14. The summed E-state index contributed by atoms with van der Waals surface area (Å²) in [4.78, 5) is 51.9. The molecule has 6 aromatic rings. The predicted octanol–water partition coefficient (Wildman–Crippen LogP) is 13.8. The summed E-state index contributed by atoms with van der Waals surface area (Å²) < 4.78 is 33.9. The molecule has 6 rings (SSSR count). The number of benzene rings is 6. The molecular formula is C54H55ClO10. The molecule has 0 atom stereocenters. The third kappa shape index (κ3) is 14.7. The molecule has 0 bridgehead atoms. The largest absolute Gasteiger partial charge is 0.494 e. The molecule has 0 aliphatic carbocycles. The Kier molecular flexibility index (Phi) is 18.4. The Balaban J connectivity index is 0.967. The highest BCUT2D eigenvalue weighted by Crippen LogP contribution is 2.34. The van der Waals surface area contributed by atoms with Crippen molar-refractivity contribution < 1.29 is 47.6 Å². The minimum atomic E-state index is -0.688. The van der Waals surface area contributed by atoms with E-state index in [9.17, 15) is 19.2 Å². The quantitative estimate of drug-likeness (QED) is 0.0329. The minimum Gasteiger partial charge on any atom is -0.494 e. The average Bonchev–Trinajstić information content (AvgIpc) is 3.33. The average molecular weight is 899 g/mol. The first-order chi connectivity index (χ1) is 31.7. The highest BCUT2D eigenvalue weighted by Gasteiger charge is 2.18. The van der Waals surface area contributed by atoms with Crippen molar-refractivity contribution >= 4 is 46.3 Å². The fourth-order valence-corrected chi connectivity index (χ4v) is 7.14. The Labute approximate surface area is 385 Å². The molecule has 0 unspecified atom stereocenters. The van der Waals surface area contributed by atoms with Crippen molar-refractivity contribution in [3.8, 4) is 34.5 Å². The Morgan fingerprint density at radius 3 is 1.17 bits per heavy atom. The maximum Gasteiger partial charge on any atom is 0.343 e. The third-order valence-corrected chi connectivity index (χ3v) is 11.0. The molecular weight excluding hydrogens is 844 g/mol. The monoisotopic (exact) mass is 898 g/mol. The van der Waals surface area contributed by atoms with Crippen LogP contribution in [0.25, 0.3) is 10.8 Å². The maximum absolute atomic E-state index is 13.2. The van der Waals surface area contributed by atoms with E-state index < -0.39 is 23.9 Å². The Bertz CT molecular complexity index is 2480.